The summed E-state index contributed by atoms with van der Waals surface area (Å²) in [5.74, 6) is -5.63. The van der Waals surface area contributed by atoms with Gasteiger partial charge in [0.05, 0.1) is 0 Å². The van der Waals surface area contributed by atoms with Crippen LogP contribution in [-0.4, -0.2) is 8.42 Å². The van der Waals surface area contributed by atoms with Gasteiger partial charge in [0.15, 0.2) is 17.5 Å². The standard InChI is InChI=1S/C14H11F4NO2S/c1-8(9-2-4-10(15)5-3-9)19-22(20,21)12-7-6-11(16)13(17)14(12)18/h2-8,19H,1H3/t8-/m0/s1. The molecule has 0 spiro atoms. The van der Waals surface area contributed by atoms with Crippen LogP contribution in [0.4, 0.5) is 17.6 Å². The summed E-state index contributed by atoms with van der Waals surface area (Å²) in [5.41, 5.74) is 0.424. The van der Waals surface area contributed by atoms with E-state index in [0.717, 1.165) is 12.1 Å². The second kappa shape index (κ2) is 6.05. The monoisotopic (exact) mass is 333 g/mol. The van der Waals surface area contributed by atoms with E-state index in [1.54, 1.807) is 0 Å². The Morgan fingerprint density at radius 2 is 1.50 bits per heavy atom. The summed E-state index contributed by atoms with van der Waals surface area (Å²) in [5, 5.41) is 0. The highest BCUT2D eigenvalue weighted by Gasteiger charge is 2.25. The molecule has 2 aromatic carbocycles. The zero-order valence-corrected chi connectivity index (χ0v) is 12.1. The van der Waals surface area contributed by atoms with Crippen molar-refractivity contribution in [3.05, 3.63) is 65.2 Å². The highest BCUT2D eigenvalue weighted by Crippen LogP contribution is 2.22. The van der Waals surface area contributed by atoms with Crippen LogP contribution in [0.15, 0.2) is 41.3 Å². The van der Waals surface area contributed by atoms with Crippen molar-refractivity contribution in [3.63, 3.8) is 0 Å². The molecular weight excluding hydrogens is 322 g/mol. The molecule has 1 N–H and O–H groups in total. The largest absolute Gasteiger partial charge is 0.244 e. The third kappa shape index (κ3) is 3.28. The molecule has 0 aromatic heterocycles. The molecule has 0 heterocycles. The predicted octanol–water partition coefficient (Wildman–Crippen LogP) is 3.28. The summed E-state index contributed by atoms with van der Waals surface area (Å²) in [6, 6.07) is 5.31. The Hall–Kier alpha value is -1.93. The van der Waals surface area contributed by atoms with E-state index >= 15 is 0 Å². The van der Waals surface area contributed by atoms with Gasteiger partial charge in [-0.05, 0) is 36.8 Å². The third-order valence-electron chi connectivity index (χ3n) is 2.99. The zero-order valence-electron chi connectivity index (χ0n) is 11.3. The van der Waals surface area contributed by atoms with E-state index in [-0.39, 0.29) is 0 Å². The Morgan fingerprint density at radius 3 is 2.09 bits per heavy atom. The van der Waals surface area contributed by atoms with Crippen LogP contribution in [0.25, 0.3) is 0 Å². The van der Waals surface area contributed by atoms with Gasteiger partial charge in [-0.15, -0.1) is 0 Å². The average Bonchev–Trinajstić information content (AvgIpc) is 2.44. The second-order valence-corrected chi connectivity index (χ2v) is 6.25. The first kappa shape index (κ1) is 16.4. The molecule has 118 valence electrons. The second-order valence-electron chi connectivity index (χ2n) is 4.57. The van der Waals surface area contributed by atoms with Gasteiger partial charge < -0.3 is 0 Å². The maximum atomic E-state index is 13.6. The molecule has 2 aromatic rings. The Balaban J connectivity index is 2.32. The van der Waals surface area contributed by atoms with E-state index in [1.807, 2.05) is 0 Å². The first-order valence-corrected chi connectivity index (χ1v) is 7.62. The van der Waals surface area contributed by atoms with E-state index in [9.17, 15) is 26.0 Å². The first-order chi connectivity index (χ1) is 10.2. The van der Waals surface area contributed by atoms with Gasteiger partial charge in [0.25, 0.3) is 0 Å². The van der Waals surface area contributed by atoms with Crippen LogP contribution in [0, 0.1) is 23.3 Å². The number of hydrogen-bond donors (Lipinski definition) is 1. The molecule has 1 atom stereocenters. The molecule has 22 heavy (non-hydrogen) atoms. The minimum atomic E-state index is -4.41. The quantitative estimate of drug-likeness (QED) is 0.689. The summed E-state index contributed by atoms with van der Waals surface area (Å²) < 4.78 is 78.6. The van der Waals surface area contributed by atoms with Gasteiger partial charge in [0.1, 0.15) is 10.7 Å². The lowest BCUT2D eigenvalue weighted by Gasteiger charge is -2.15. The van der Waals surface area contributed by atoms with Gasteiger partial charge in [0.2, 0.25) is 10.0 Å². The van der Waals surface area contributed by atoms with E-state index in [2.05, 4.69) is 4.72 Å². The van der Waals surface area contributed by atoms with Gasteiger partial charge >= 0.3 is 0 Å². The first-order valence-electron chi connectivity index (χ1n) is 6.13. The van der Waals surface area contributed by atoms with Crippen molar-refractivity contribution in [1.29, 1.82) is 0 Å². The SMILES string of the molecule is C[C@H](NS(=O)(=O)c1ccc(F)c(F)c1F)c1ccc(F)cc1. The van der Waals surface area contributed by atoms with Crippen molar-refractivity contribution < 1.29 is 26.0 Å². The van der Waals surface area contributed by atoms with Gasteiger partial charge in [-0.1, -0.05) is 12.1 Å². The molecule has 0 saturated carbocycles. The summed E-state index contributed by atoms with van der Waals surface area (Å²) in [7, 11) is -4.41. The molecule has 0 fully saturated rings. The summed E-state index contributed by atoms with van der Waals surface area (Å²) in [6.07, 6.45) is 0. The van der Waals surface area contributed by atoms with Crippen molar-refractivity contribution >= 4 is 10.0 Å². The lowest BCUT2D eigenvalue weighted by atomic mass is 10.1. The fraction of sp³-hybridized carbons (Fsp3) is 0.143. The minimum absolute atomic E-state index is 0.424. The van der Waals surface area contributed by atoms with Gasteiger partial charge in [0, 0.05) is 6.04 Å². The summed E-state index contributed by atoms with van der Waals surface area (Å²) in [4.78, 5) is -1.000. The van der Waals surface area contributed by atoms with Crippen LogP contribution >= 0.6 is 0 Å². The molecule has 2 rings (SSSR count). The number of hydrogen-bond acceptors (Lipinski definition) is 2. The molecule has 0 aliphatic rings. The van der Waals surface area contributed by atoms with Crippen LogP contribution in [0.2, 0.25) is 0 Å². The van der Waals surface area contributed by atoms with Crippen molar-refractivity contribution in [2.75, 3.05) is 0 Å². The van der Waals surface area contributed by atoms with Crippen molar-refractivity contribution in [2.24, 2.45) is 0 Å². The molecule has 0 amide bonds. The maximum absolute atomic E-state index is 13.6. The number of sulfonamides is 1. The van der Waals surface area contributed by atoms with Gasteiger partial charge in [-0.2, -0.15) is 0 Å². The summed E-state index contributed by atoms with van der Waals surface area (Å²) in [6.45, 7) is 1.45. The molecule has 0 radical (unpaired) electrons. The Morgan fingerprint density at radius 1 is 0.909 bits per heavy atom. The van der Waals surface area contributed by atoms with E-state index in [0.29, 0.717) is 17.7 Å². The number of halogens is 4. The fourth-order valence-corrected chi connectivity index (χ4v) is 3.13. The predicted molar refractivity (Wildman–Crippen MR) is 71.5 cm³/mol. The molecule has 3 nitrogen and oxygen atoms in total. The van der Waals surface area contributed by atoms with Crippen molar-refractivity contribution in [1.82, 2.24) is 4.72 Å². The Kier molecular flexibility index (Phi) is 4.52. The fourth-order valence-electron chi connectivity index (χ4n) is 1.83. The van der Waals surface area contributed by atoms with Crippen LogP contribution < -0.4 is 4.72 Å². The topological polar surface area (TPSA) is 46.2 Å². The zero-order chi connectivity index (χ0) is 16.5. The summed E-state index contributed by atoms with van der Waals surface area (Å²) >= 11 is 0. The lowest BCUT2D eigenvalue weighted by molar-refractivity contribution is 0.431. The molecule has 0 saturated heterocycles. The molecule has 0 bridgehead atoms. The molecular formula is C14H11F4NO2S. The molecule has 8 heteroatoms. The van der Waals surface area contributed by atoms with Gasteiger partial charge in [-0.3, -0.25) is 0 Å². The normalized spacial score (nSPS) is 13.1. The molecule has 0 aliphatic heterocycles. The van der Waals surface area contributed by atoms with Crippen LogP contribution in [0.3, 0.4) is 0 Å². The maximum Gasteiger partial charge on any atom is 0.244 e. The average molecular weight is 333 g/mol. The smallest absolute Gasteiger partial charge is 0.207 e. The van der Waals surface area contributed by atoms with Crippen molar-refractivity contribution in [2.45, 2.75) is 17.9 Å². The third-order valence-corrected chi connectivity index (χ3v) is 4.55. The lowest BCUT2D eigenvalue weighted by Crippen LogP contribution is -2.28. The van der Waals surface area contributed by atoms with Crippen LogP contribution in [-0.2, 0) is 10.0 Å². The van der Waals surface area contributed by atoms with Crippen molar-refractivity contribution in [3.8, 4) is 0 Å². The number of benzene rings is 2. The number of rotatable bonds is 4. The minimum Gasteiger partial charge on any atom is -0.207 e. The number of nitrogens with one attached hydrogen (secondary N) is 1. The van der Waals surface area contributed by atoms with Crippen LogP contribution in [0.1, 0.15) is 18.5 Å². The van der Waals surface area contributed by atoms with Gasteiger partial charge in [-0.25, -0.2) is 30.7 Å². The highest BCUT2D eigenvalue weighted by molar-refractivity contribution is 7.89. The van der Waals surface area contributed by atoms with E-state index in [1.165, 1.54) is 19.1 Å². The molecule has 0 unspecified atom stereocenters. The Labute approximate surface area is 124 Å². The Bertz CT molecular complexity index is 791. The van der Waals surface area contributed by atoms with E-state index < -0.39 is 44.2 Å². The highest BCUT2D eigenvalue weighted by atomic mass is 32.2. The van der Waals surface area contributed by atoms with Crippen LogP contribution in [0.5, 0.6) is 0 Å². The molecule has 0 aliphatic carbocycles. The van der Waals surface area contributed by atoms with E-state index in [4.69, 9.17) is 0 Å².